The molecule has 1 aliphatic rings. The van der Waals surface area contributed by atoms with Crippen LogP contribution in [0, 0.1) is 0 Å². The van der Waals surface area contributed by atoms with Crippen LogP contribution in [0.2, 0.25) is 0 Å². The van der Waals surface area contributed by atoms with E-state index in [2.05, 4.69) is 15.5 Å². The van der Waals surface area contributed by atoms with Gasteiger partial charge in [0.25, 0.3) is 0 Å². The molecule has 0 bridgehead atoms. The van der Waals surface area contributed by atoms with Crippen molar-refractivity contribution in [1.29, 1.82) is 0 Å². The fourth-order valence-electron chi connectivity index (χ4n) is 2.25. The number of carboxylic acid groups (broad SMARTS) is 1. The minimum atomic E-state index is -0.811. The summed E-state index contributed by atoms with van der Waals surface area (Å²) in [5, 5.41) is 20.3. The van der Waals surface area contributed by atoms with E-state index in [0.29, 0.717) is 32.0 Å². The SMILES string of the molecule is O=C(O)CCCn1nnnc1-c1ccc2c(c1)COC2. The van der Waals surface area contributed by atoms with Gasteiger partial charge in [0.2, 0.25) is 0 Å². The summed E-state index contributed by atoms with van der Waals surface area (Å²) in [4.78, 5) is 10.5. The van der Waals surface area contributed by atoms with Gasteiger partial charge < -0.3 is 9.84 Å². The standard InChI is InChI=1S/C13H14N4O3/c18-12(19)2-1-5-17-13(14-15-16-17)9-3-4-10-7-20-8-11(10)6-9/h3-4,6H,1-2,5,7-8H2,(H,18,19). The number of ether oxygens (including phenoxy) is 1. The molecule has 0 unspecified atom stereocenters. The Morgan fingerprint density at radius 2 is 2.20 bits per heavy atom. The van der Waals surface area contributed by atoms with Crippen LogP contribution in [0.15, 0.2) is 18.2 Å². The summed E-state index contributed by atoms with van der Waals surface area (Å²) in [5.74, 6) is -0.153. The van der Waals surface area contributed by atoms with Gasteiger partial charge >= 0.3 is 5.97 Å². The highest BCUT2D eigenvalue weighted by molar-refractivity contribution is 5.66. The number of aromatic nitrogens is 4. The highest BCUT2D eigenvalue weighted by atomic mass is 16.5. The molecule has 1 aromatic heterocycles. The monoisotopic (exact) mass is 274 g/mol. The molecule has 1 aliphatic heterocycles. The van der Waals surface area contributed by atoms with Crippen LogP contribution < -0.4 is 0 Å². The third-order valence-electron chi connectivity index (χ3n) is 3.27. The maximum Gasteiger partial charge on any atom is 0.303 e. The van der Waals surface area contributed by atoms with Crippen molar-refractivity contribution in [3.63, 3.8) is 0 Å². The lowest BCUT2D eigenvalue weighted by Gasteiger charge is -2.05. The van der Waals surface area contributed by atoms with Gasteiger partial charge in [-0.05, 0) is 34.0 Å². The largest absolute Gasteiger partial charge is 0.481 e. The Bertz CT molecular complexity index is 638. The first-order chi connectivity index (χ1) is 9.74. The van der Waals surface area contributed by atoms with Gasteiger partial charge in [-0.2, -0.15) is 0 Å². The van der Waals surface area contributed by atoms with E-state index in [1.807, 2.05) is 18.2 Å². The molecule has 0 aliphatic carbocycles. The number of benzene rings is 1. The molecular weight excluding hydrogens is 260 g/mol. The predicted molar refractivity (Wildman–Crippen MR) is 68.6 cm³/mol. The Balaban J connectivity index is 1.80. The fourth-order valence-corrected chi connectivity index (χ4v) is 2.25. The number of aliphatic carboxylic acids is 1. The lowest BCUT2D eigenvalue weighted by atomic mass is 10.1. The number of fused-ring (bicyclic) bond motifs is 1. The zero-order valence-electron chi connectivity index (χ0n) is 10.8. The van der Waals surface area contributed by atoms with Crippen molar-refractivity contribution >= 4 is 5.97 Å². The first-order valence-corrected chi connectivity index (χ1v) is 6.42. The Morgan fingerprint density at radius 3 is 3.05 bits per heavy atom. The van der Waals surface area contributed by atoms with Gasteiger partial charge in [0, 0.05) is 18.5 Å². The fraction of sp³-hybridized carbons (Fsp3) is 0.385. The lowest BCUT2D eigenvalue weighted by molar-refractivity contribution is -0.137. The summed E-state index contributed by atoms with van der Waals surface area (Å²) in [6.07, 6.45) is 0.610. The number of tetrazole rings is 1. The molecule has 0 fully saturated rings. The molecule has 7 nitrogen and oxygen atoms in total. The minimum absolute atomic E-state index is 0.108. The minimum Gasteiger partial charge on any atom is -0.481 e. The van der Waals surface area contributed by atoms with Gasteiger partial charge in [-0.3, -0.25) is 4.79 Å². The lowest BCUT2D eigenvalue weighted by Crippen LogP contribution is -2.05. The Morgan fingerprint density at radius 1 is 1.35 bits per heavy atom. The highest BCUT2D eigenvalue weighted by Gasteiger charge is 2.15. The third kappa shape index (κ3) is 2.53. The molecule has 1 aromatic carbocycles. The topological polar surface area (TPSA) is 90.1 Å². The van der Waals surface area contributed by atoms with E-state index in [1.54, 1.807) is 4.68 Å². The second-order valence-electron chi connectivity index (χ2n) is 4.70. The van der Waals surface area contributed by atoms with Crippen LogP contribution in [0.25, 0.3) is 11.4 Å². The summed E-state index contributed by atoms with van der Waals surface area (Å²) in [6.45, 7) is 1.76. The van der Waals surface area contributed by atoms with E-state index < -0.39 is 5.97 Å². The van der Waals surface area contributed by atoms with Crippen LogP contribution in [0.1, 0.15) is 24.0 Å². The van der Waals surface area contributed by atoms with Gasteiger partial charge in [0.15, 0.2) is 5.82 Å². The van der Waals surface area contributed by atoms with Crippen molar-refractivity contribution in [2.75, 3.05) is 0 Å². The number of nitrogens with zero attached hydrogens (tertiary/aromatic N) is 4. The molecule has 0 amide bonds. The highest BCUT2D eigenvalue weighted by Crippen LogP contribution is 2.25. The quantitative estimate of drug-likeness (QED) is 0.882. The van der Waals surface area contributed by atoms with Gasteiger partial charge in [0.1, 0.15) is 0 Å². The Kier molecular flexibility index (Phi) is 3.42. The van der Waals surface area contributed by atoms with Crippen molar-refractivity contribution in [2.24, 2.45) is 0 Å². The maximum absolute atomic E-state index is 10.5. The van der Waals surface area contributed by atoms with Gasteiger partial charge in [-0.1, -0.05) is 12.1 Å². The second-order valence-corrected chi connectivity index (χ2v) is 4.70. The summed E-state index contributed by atoms with van der Waals surface area (Å²) < 4.78 is 7.02. The molecule has 3 rings (SSSR count). The van der Waals surface area contributed by atoms with E-state index in [-0.39, 0.29) is 6.42 Å². The Labute approximate surface area is 115 Å². The molecule has 0 radical (unpaired) electrons. The van der Waals surface area contributed by atoms with Crippen LogP contribution in [-0.4, -0.2) is 31.3 Å². The summed E-state index contributed by atoms with van der Waals surface area (Å²) >= 11 is 0. The first kappa shape index (κ1) is 12.7. The molecule has 20 heavy (non-hydrogen) atoms. The van der Waals surface area contributed by atoms with Crippen LogP contribution in [0.5, 0.6) is 0 Å². The normalized spacial score (nSPS) is 13.4. The first-order valence-electron chi connectivity index (χ1n) is 6.42. The molecule has 1 N–H and O–H groups in total. The van der Waals surface area contributed by atoms with Crippen LogP contribution >= 0.6 is 0 Å². The number of hydrogen-bond acceptors (Lipinski definition) is 5. The molecule has 2 aromatic rings. The molecule has 0 saturated heterocycles. The zero-order valence-corrected chi connectivity index (χ0v) is 10.8. The van der Waals surface area contributed by atoms with Crippen LogP contribution in [0.4, 0.5) is 0 Å². The summed E-state index contributed by atoms with van der Waals surface area (Å²) in [6, 6.07) is 6.02. The van der Waals surface area contributed by atoms with Gasteiger partial charge in [-0.25, -0.2) is 4.68 Å². The second kappa shape index (κ2) is 5.38. The van der Waals surface area contributed by atoms with Crippen molar-refractivity contribution in [1.82, 2.24) is 20.2 Å². The number of carboxylic acids is 1. The van der Waals surface area contributed by atoms with E-state index in [9.17, 15) is 4.79 Å². The molecule has 2 heterocycles. The summed E-state index contributed by atoms with van der Waals surface area (Å²) in [5.41, 5.74) is 3.27. The van der Waals surface area contributed by atoms with E-state index in [0.717, 1.165) is 11.1 Å². The Hall–Kier alpha value is -2.28. The maximum atomic E-state index is 10.5. The average molecular weight is 274 g/mol. The third-order valence-corrected chi connectivity index (χ3v) is 3.27. The van der Waals surface area contributed by atoms with E-state index in [1.165, 1.54) is 5.56 Å². The number of rotatable bonds is 5. The molecule has 7 heteroatoms. The molecular formula is C13H14N4O3. The molecule has 104 valence electrons. The molecule has 0 atom stereocenters. The van der Waals surface area contributed by atoms with Gasteiger partial charge in [0.05, 0.1) is 13.2 Å². The summed E-state index contributed by atoms with van der Waals surface area (Å²) in [7, 11) is 0. The molecule has 0 spiro atoms. The van der Waals surface area contributed by atoms with Crippen LogP contribution in [-0.2, 0) is 29.3 Å². The predicted octanol–water partition coefficient (Wildman–Crippen LogP) is 1.24. The van der Waals surface area contributed by atoms with Crippen molar-refractivity contribution in [3.05, 3.63) is 29.3 Å². The van der Waals surface area contributed by atoms with Crippen molar-refractivity contribution in [2.45, 2.75) is 32.6 Å². The van der Waals surface area contributed by atoms with E-state index >= 15 is 0 Å². The number of aryl methyl sites for hydroxylation is 1. The van der Waals surface area contributed by atoms with Crippen molar-refractivity contribution in [3.8, 4) is 11.4 Å². The van der Waals surface area contributed by atoms with Crippen molar-refractivity contribution < 1.29 is 14.6 Å². The van der Waals surface area contributed by atoms with E-state index in [4.69, 9.17) is 9.84 Å². The average Bonchev–Trinajstić information content (AvgIpc) is 3.05. The smallest absolute Gasteiger partial charge is 0.303 e. The number of hydrogen-bond donors (Lipinski definition) is 1. The number of carbonyl (C=O) groups is 1. The van der Waals surface area contributed by atoms with Gasteiger partial charge in [-0.15, -0.1) is 5.10 Å². The zero-order chi connectivity index (χ0) is 13.9. The molecule has 0 saturated carbocycles. The van der Waals surface area contributed by atoms with Crippen LogP contribution in [0.3, 0.4) is 0 Å².